The van der Waals surface area contributed by atoms with Crippen molar-refractivity contribution in [1.82, 2.24) is 0 Å². The van der Waals surface area contributed by atoms with Crippen LogP contribution in [-0.4, -0.2) is 15.1 Å². The van der Waals surface area contributed by atoms with Crippen LogP contribution in [0.5, 0.6) is 0 Å². The first-order valence-corrected chi connectivity index (χ1v) is 5.33. The summed E-state index contributed by atoms with van der Waals surface area (Å²) in [5, 5.41) is -1.30. The highest BCUT2D eigenvalue weighted by Crippen LogP contribution is 2.51. The molecular formula is C6H16NO3P. The lowest BCUT2D eigenvalue weighted by Crippen LogP contribution is -2.38. The number of hydrogen-bond acceptors (Lipinski definition) is 2. The Balaban J connectivity index is 4.47. The van der Waals surface area contributed by atoms with Crippen LogP contribution in [0.15, 0.2) is 0 Å². The Kier molecular flexibility index (Phi) is 3.71. The molecule has 4 nitrogen and oxygen atoms in total. The van der Waals surface area contributed by atoms with Crippen LogP contribution < -0.4 is 5.73 Å². The first-order chi connectivity index (χ1) is 4.87. The van der Waals surface area contributed by atoms with Crippen molar-refractivity contribution >= 4 is 7.60 Å². The highest BCUT2D eigenvalue weighted by molar-refractivity contribution is 7.53. The minimum Gasteiger partial charge on any atom is -0.323 e. The van der Waals surface area contributed by atoms with Crippen LogP contribution >= 0.6 is 7.60 Å². The average molecular weight is 181 g/mol. The first kappa shape index (κ1) is 11.1. The van der Waals surface area contributed by atoms with Crippen LogP contribution in [0, 0.1) is 0 Å². The second-order valence-electron chi connectivity index (χ2n) is 2.75. The van der Waals surface area contributed by atoms with Crippen LogP contribution in [0.25, 0.3) is 0 Å². The molecule has 11 heavy (non-hydrogen) atoms. The Bertz CT molecular complexity index is 167. The lowest BCUT2D eigenvalue weighted by atomic mass is 10.1. The van der Waals surface area contributed by atoms with Gasteiger partial charge in [0, 0.05) is 0 Å². The minimum atomic E-state index is -4.13. The molecular weight excluding hydrogens is 165 g/mol. The third-order valence-electron chi connectivity index (χ3n) is 1.88. The topological polar surface area (TPSA) is 83.6 Å². The monoisotopic (exact) mass is 181 g/mol. The number of nitrogens with two attached hydrogens (primary N) is 1. The molecule has 0 aromatic heterocycles. The van der Waals surface area contributed by atoms with Gasteiger partial charge in [0.25, 0.3) is 0 Å². The summed E-state index contributed by atoms with van der Waals surface area (Å²) in [6.07, 6.45) is 1.37. The molecule has 0 aromatic rings. The van der Waals surface area contributed by atoms with E-state index >= 15 is 0 Å². The van der Waals surface area contributed by atoms with Crippen LogP contribution in [0.4, 0.5) is 0 Å². The molecule has 4 N–H and O–H groups in total. The molecule has 0 aliphatic rings. The molecule has 0 heterocycles. The number of rotatable bonds is 4. The molecule has 1 unspecified atom stereocenters. The maximum Gasteiger partial charge on any atom is 0.345 e. The van der Waals surface area contributed by atoms with Crippen molar-refractivity contribution < 1.29 is 14.4 Å². The molecule has 0 aromatic carbocycles. The van der Waals surface area contributed by atoms with E-state index in [0.29, 0.717) is 19.3 Å². The Morgan fingerprint density at radius 2 is 1.91 bits per heavy atom. The summed E-state index contributed by atoms with van der Waals surface area (Å²) < 4.78 is 10.8. The highest BCUT2D eigenvalue weighted by atomic mass is 31.2. The molecule has 0 aliphatic carbocycles. The molecule has 5 heteroatoms. The van der Waals surface area contributed by atoms with Crippen molar-refractivity contribution in [3.05, 3.63) is 0 Å². The molecule has 0 amide bonds. The lowest BCUT2D eigenvalue weighted by molar-refractivity contribution is 0.311. The fourth-order valence-electron chi connectivity index (χ4n) is 0.961. The summed E-state index contributed by atoms with van der Waals surface area (Å²) in [6.45, 7) is 3.54. The molecule has 0 spiro atoms. The molecule has 0 fully saturated rings. The van der Waals surface area contributed by atoms with Crippen LogP contribution in [0.1, 0.15) is 33.1 Å². The van der Waals surface area contributed by atoms with Gasteiger partial charge < -0.3 is 15.5 Å². The summed E-state index contributed by atoms with van der Waals surface area (Å²) in [6, 6.07) is 0. The van der Waals surface area contributed by atoms with Crippen LogP contribution in [-0.2, 0) is 4.57 Å². The maximum atomic E-state index is 10.8. The SMILES string of the molecule is CCCC(N)(CC)P(=O)(O)O. The van der Waals surface area contributed by atoms with Gasteiger partial charge in [0.2, 0.25) is 0 Å². The Morgan fingerprint density at radius 1 is 1.45 bits per heavy atom. The predicted octanol–water partition coefficient (Wildman–Crippen LogP) is 1.03. The van der Waals surface area contributed by atoms with E-state index in [2.05, 4.69) is 0 Å². The predicted molar refractivity (Wildman–Crippen MR) is 44.2 cm³/mol. The summed E-state index contributed by atoms with van der Waals surface area (Å²) in [5.74, 6) is 0. The van der Waals surface area contributed by atoms with Crippen molar-refractivity contribution in [1.29, 1.82) is 0 Å². The van der Waals surface area contributed by atoms with Crippen molar-refractivity contribution in [3.63, 3.8) is 0 Å². The highest BCUT2D eigenvalue weighted by Gasteiger charge is 2.40. The van der Waals surface area contributed by atoms with Gasteiger partial charge in [-0.2, -0.15) is 0 Å². The molecule has 68 valence electrons. The zero-order valence-corrected chi connectivity index (χ0v) is 7.84. The van der Waals surface area contributed by atoms with Gasteiger partial charge >= 0.3 is 7.60 Å². The summed E-state index contributed by atoms with van der Waals surface area (Å²) in [5.41, 5.74) is 5.52. The second kappa shape index (κ2) is 3.68. The fraction of sp³-hybridized carbons (Fsp3) is 1.00. The molecule has 0 aliphatic heterocycles. The second-order valence-corrected chi connectivity index (χ2v) is 4.73. The van der Waals surface area contributed by atoms with E-state index in [9.17, 15) is 4.57 Å². The first-order valence-electron chi connectivity index (χ1n) is 3.72. The normalized spacial score (nSPS) is 17.9. The summed E-state index contributed by atoms with van der Waals surface area (Å²) in [4.78, 5) is 17.7. The molecule has 0 saturated carbocycles. The average Bonchev–Trinajstić information content (AvgIpc) is 1.86. The minimum absolute atomic E-state index is 0.311. The van der Waals surface area contributed by atoms with Crippen molar-refractivity contribution in [2.24, 2.45) is 5.73 Å². The van der Waals surface area contributed by atoms with E-state index < -0.39 is 12.9 Å². The summed E-state index contributed by atoms with van der Waals surface area (Å²) in [7, 11) is -4.13. The van der Waals surface area contributed by atoms with Gasteiger partial charge in [-0.15, -0.1) is 0 Å². The third-order valence-corrected chi connectivity index (χ3v) is 3.58. The largest absolute Gasteiger partial charge is 0.345 e. The zero-order valence-electron chi connectivity index (χ0n) is 6.95. The summed E-state index contributed by atoms with van der Waals surface area (Å²) >= 11 is 0. The van der Waals surface area contributed by atoms with Crippen LogP contribution in [0.2, 0.25) is 0 Å². The standard InChI is InChI=1S/C6H16NO3P/c1-3-5-6(7,4-2)11(8,9)10/h3-5,7H2,1-2H3,(H2,8,9,10). The van der Waals surface area contributed by atoms with Gasteiger partial charge in [0.05, 0.1) is 0 Å². The Labute approximate surface area is 67.0 Å². The van der Waals surface area contributed by atoms with Crippen molar-refractivity contribution in [3.8, 4) is 0 Å². The zero-order chi connectivity index (χ0) is 9.12. The lowest BCUT2D eigenvalue weighted by Gasteiger charge is -2.28. The van der Waals surface area contributed by atoms with Crippen molar-refractivity contribution in [2.45, 2.75) is 38.4 Å². The van der Waals surface area contributed by atoms with Gasteiger partial charge in [0.1, 0.15) is 5.28 Å². The van der Waals surface area contributed by atoms with E-state index in [1.807, 2.05) is 6.92 Å². The molecule has 0 saturated heterocycles. The van der Waals surface area contributed by atoms with Crippen molar-refractivity contribution in [2.75, 3.05) is 0 Å². The smallest absolute Gasteiger partial charge is 0.323 e. The number of hydrogen-bond donors (Lipinski definition) is 3. The van der Waals surface area contributed by atoms with Gasteiger partial charge in [0.15, 0.2) is 0 Å². The third kappa shape index (κ3) is 2.56. The van der Waals surface area contributed by atoms with Gasteiger partial charge in [-0.3, -0.25) is 4.57 Å². The van der Waals surface area contributed by atoms with E-state index in [0.717, 1.165) is 0 Å². The quantitative estimate of drug-likeness (QED) is 0.565. The maximum absolute atomic E-state index is 10.8. The Morgan fingerprint density at radius 3 is 2.00 bits per heavy atom. The van der Waals surface area contributed by atoms with E-state index in [-0.39, 0.29) is 0 Å². The Hall–Kier alpha value is 0.110. The van der Waals surface area contributed by atoms with E-state index in [1.165, 1.54) is 0 Å². The molecule has 1 atom stereocenters. The van der Waals surface area contributed by atoms with Gasteiger partial charge in [-0.25, -0.2) is 0 Å². The molecule has 0 bridgehead atoms. The molecule has 0 radical (unpaired) electrons. The van der Waals surface area contributed by atoms with E-state index in [4.69, 9.17) is 15.5 Å². The van der Waals surface area contributed by atoms with Gasteiger partial charge in [-0.1, -0.05) is 20.3 Å². The van der Waals surface area contributed by atoms with Crippen LogP contribution in [0.3, 0.4) is 0 Å². The van der Waals surface area contributed by atoms with Gasteiger partial charge in [-0.05, 0) is 12.8 Å². The van der Waals surface area contributed by atoms with E-state index in [1.54, 1.807) is 6.92 Å². The fourth-order valence-corrected chi connectivity index (χ4v) is 1.89. The molecule has 0 rings (SSSR count).